The first-order valence-electron chi connectivity index (χ1n) is 11.6. The van der Waals surface area contributed by atoms with Gasteiger partial charge in [-0.25, -0.2) is 0 Å². The van der Waals surface area contributed by atoms with Gasteiger partial charge in [-0.3, -0.25) is 9.36 Å². The Morgan fingerprint density at radius 3 is 2.40 bits per heavy atom. The summed E-state index contributed by atoms with van der Waals surface area (Å²) >= 11 is 1.63. The number of methoxy groups -OCH3 is 1. The number of carbonyl (C=O) groups excluding carboxylic acids is 1. The lowest BCUT2D eigenvalue weighted by atomic mass is 10.0. The molecule has 1 atom stereocenters. The zero-order valence-corrected chi connectivity index (χ0v) is 21.1. The Labute approximate surface area is 210 Å². The molecule has 1 heterocycles. The fourth-order valence-electron chi connectivity index (χ4n) is 3.91. The molecule has 1 amide bonds. The smallest absolute Gasteiger partial charge is 0.246 e. The summed E-state index contributed by atoms with van der Waals surface area (Å²) in [6.45, 7) is 4.14. The molecule has 0 saturated heterocycles. The van der Waals surface area contributed by atoms with Crippen molar-refractivity contribution in [2.24, 2.45) is 0 Å². The molecule has 35 heavy (non-hydrogen) atoms. The average molecular weight is 487 g/mol. The summed E-state index contributed by atoms with van der Waals surface area (Å²) in [7, 11) is 1.51. The van der Waals surface area contributed by atoms with E-state index in [1.807, 2.05) is 18.2 Å². The molecular formula is C28H30N4O2S. The standard InChI is InChI=1S/C28H30N4O2S/c1-20-12-14-24(15-13-20)32-27(30-31-28(32)35-19-23-11-7-8-21(2)16-23)25(29-26(33)18-34-3)17-22-9-5-4-6-10-22/h4-16,25H,17-19H2,1-3H3,(H,29,33). The monoisotopic (exact) mass is 486 g/mol. The maximum atomic E-state index is 12.6. The molecule has 1 N–H and O–H groups in total. The average Bonchev–Trinajstić information content (AvgIpc) is 3.28. The summed E-state index contributed by atoms with van der Waals surface area (Å²) in [5, 5.41) is 13.0. The topological polar surface area (TPSA) is 69.0 Å². The highest BCUT2D eigenvalue weighted by Crippen LogP contribution is 2.29. The molecule has 1 unspecified atom stereocenters. The van der Waals surface area contributed by atoms with Crippen molar-refractivity contribution >= 4 is 17.7 Å². The van der Waals surface area contributed by atoms with Crippen LogP contribution in [0.4, 0.5) is 0 Å². The van der Waals surface area contributed by atoms with Gasteiger partial charge in [-0.2, -0.15) is 0 Å². The van der Waals surface area contributed by atoms with Crippen LogP contribution in [0.2, 0.25) is 0 Å². The number of nitrogens with one attached hydrogen (secondary N) is 1. The second kappa shape index (κ2) is 11.8. The molecule has 180 valence electrons. The van der Waals surface area contributed by atoms with E-state index >= 15 is 0 Å². The largest absolute Gasteiger partial charge is 0.375 e. The molecule has 0 aliphatic heterocycles. The highest BCUT2D eigenvalue weighted by Gasteiger charge is 2.25. The van der Waals surface area contributed by atoms with Crippen molar-refractivity contribution in [2.75, 3.05) is 13.7 Å². The highest BCUT2D eigenvalue weighted by molar-refractivity contribution is 7.98. The number of carbonyl (C=O) groups is 1. The first-order valence-corrected chi connectivity index (χ1v) is 12.5. The van der Waals surface area contributed by atoms with E-state index in [4.69, 9.17) is 4.74 Å². The van der Waals surface area contributed by atoms with E-state index in [-0.39, 0.29) is 18.6 Å². The van der Waals surface area contributed by atoms with Crippen LogP contribution in [0, 0.1) is 13.8 Å². The number of ether oxygens (including phenoxy) is 1. The molecule has 4 rings (SSSR count). The van der Waals surface area contributed by atoms with Crippen LogP contribution in [-0.4, -0.2) is 34.4 Å². The minimum absolute atomic E-state index is 0.0150. The summed E-state index contributed by atoms with van der Waals surface area (Å²) in [5.74, 6) is 1.26. The van der Waals surface area contributed by atoms with Crippen LogP contribution >= 0.6 is 11.8 Å². The van der Waals surface area contributed by atoms with Crippen LogP contribution in [0.3, 0.4) is 0 Å². The molecule has 1 aromatic heterocycles. The number of thioether (sulfide) groups is 1. The molecular weight excluding hydrogens is 456 g/mol. The Morgan fingerprint density at radius 1 is 0.943 bits per heavy atom. The number of benzene rings is 3. The minimum Gasteiger partial charge on any atom is -0.375 e. The summed E-state index contributed by atoms with van der Waals surface area (Å²) in [5.41, 5.74) is 5.69. The lowest BCUT2D eigenvalue weighted by molar-refractivity contribution is -0.125. The summed E-state index contributed by atoms with van der Waals surface area (Å²) < 4.78 is 7.12. The van der Waals surface area contributed by atoms with E-state index in [2.05, 4.69) is 94.6 Å². The maximum Gasteiger partial charge on any atom is 0.246 e. The van der Waals surface area contributed by atoms with Gasteiger partial charge in [-0.1, -0.05) is 89.6 Å². The second-order valence-electron chi connectivity index (χ2n) is 8.53. The third-order valence-corrected chi connectivity index (χ3v) is 6.61. The van der Waals surface area contributed by atoms with E-state index in [1.165, 1.54) is 23.8 Å². The molecule has 0 fully saturated rings. The lowest BCUT2D eigenvalue weighted by Gasteiger charge is -2.20. The fraction of sp³-hybridized carbons (Fsp3) is 0.250. The third kappa shape index (κ3) is 6.59. The van der Waals surface area contributed by atoms with Gasteiger partial charge in [0.15, 0.2) is 11.0 Å². The van der Waals surface area contributed by atoms with Crippen molar-refractivity contribution in [1.29, 1.82) is 0 Å². The number of amides is 1. The van der Waals surface area contributed by atoms with E-state index in [0.29, 0.717) is 12.2 Å². The number of hydrogen-bond donors (Lipinski definition) is 1. The van der Waals surface area contributed by atoms with E-state index in [0.717, 1.165) is 22.2 Å². The van der Waals surface area contributed by atoms with Gasteiger partial charge in [0.1, 0.15) is 6.61 Å². The van der Waals surface area contributed by atoms with E-state index < -0.39 is 0 Å². The van der Waals surface area contributed by atoms with Crippen LogP contribution in [0.15, 0.2) is 84.0 Å². The fourth-order valence-corrected chi connectivity index (χ4v) is 4.81. The molecule has 6 nitrogen and oxygen atoms in total. The van der Waals surface area contributed by atoms with Crippen molar-refractivity contribution in [3.63, 3.8) is 0 Å². The zero-order chi connectivity index (χ0) is 24.6. The van der Waals surface area contributed by atoms with Crippen LogP contribution in [0.1, 0.15) is 34.1 Å². The van der Waals surface area contributed by atoms with E-state index in [1.54, 1.807) is 11.8 Å². The van der Waals surface area contributed by atoms with E-state index in [9.17, 15) is 4.79 Å². The van der Waals surface area contributed by atoms with Crippen LogP contribution in [0.5, 0.6) is 0 Å². The number of aryl methyl sites for hydroxylation is 2. The van der Waals surface area contributed by atoms with Crippen molar-refractivity contribution < 1.29 is 9.53 Å². The summed E-state index contributed by atoms with van der Waals surface area (Å²) in [6.07, 6.45) is 0.586. The number of nitrogens with zero attached hydrogens (tertiary/aromatic N) is 3. The SMILES string of the molecule is COCC(=O)NC(Cc1ccccc1)c1nnc(SCc2cccc(C)c2)n1-c1ccc(C)cc1. The Balaban J connectivity index is 1.72. The Hall–Kier alpha value is -3.42. The van der Waals surface area contributed by atoms with Crippen LogP contribution in [0.25, 0.3) is 5.69 Å². The summed E-state index contributed by atoms with van der Waals surface area (Å²) in [4.78, 5) is 12.6. The van der Waals surface area contributed by atoms with Crippen LogP contribution < -0.4 is 5.32 Å². The molecule has 3 aromatic carbocycles. The van der Waals surface area contributed by atoms with Gasteiger partial charge < -0.3 is 10.1 Å². The highest BCUT2D eigenvalue weighted by atomic mass is 32.2. The van der Waals surface area contributed by atoms with Crippen LogP contribution in [-0.2, 0) is 21.7 Å². The van der Waals surface area contributed by atoms with Crippen molar-refractivity contribution in [3.8, 4) is 5.69 Å². The minimum atomic E-state index is -0.373. The van der Waals surface area contributed by atoms with Gasteiger partial charge in [0.05, 0.1) is 6.04 Å². The van der Waals surface area contributed by atoms with Gasteiger partial charge in [0, 0.05) is 18.6 Å². The predicted molar refractivity (Wildman–Crippen MR) is 140 cm³/mol. The van der Waals surface area contributed by atoms with Crippen molar-refractivity contribution in [3.05, 3.63) is 107 Å². The Kier molecular flexibility index (Phi) is 8.34. The van der Waals surface area contributed by atoms with Crippen molar-refractivity contribution in [2.45, 2.75) is 37.2 Å². The molecule has 0 aliphatic rings. The quantitative estimate of drug-likeness (QED) is 0.311. The van der Waals surface area contributed by atoms with Crippen molar-refractivity contribution in [1.82, 2.24) is 20.1 Å². The molecule has 4 aromatic rings. The normalized spacial score (nSPS) is 11.9. The Bertz CT molecular complexity index is 1260. The summed E-state index contributed by atoms with van der Waals surface area (Å²) in [6, 6.07) is 26.5. The lowest BCUT2D eigenvalue weighted by Crippen LogP contribution is -2.34. The second-order valence-corrected chi connectivity index (χ2v) is 9.47. The zero-order valence-electron chi connectivity index (χ0n) is 20.3. The number of hydrogen-bond acceptors (Lipinski definition) is 5. The number of rotatable bonds is 10. The molecule has 7 heteroatoms. The van der Waals surface area contributed by atoms with Gasteiger partial charge in [-0.05, 0) is 43.5 Å². The molecule has 0 bridgehead atoms. The third-order valence-electron chi connectivity index (χ3n) is 5.61. The van der Waals surface area contributed by atoms with Gasteiger partial charge in [0.25, 0.3) is 0 Å². The predicted octanol–water partition coefficient (Wildman–Crippen LogP) is 5.22. The van der Waals surface area contributed by atoms with Gasteiger partial charge in [0.2, 0.25) is 5.91 Å². The molecule has 0 radical (unpaired) electrons. The first-order chi connectivity index (χ1) is 17.0. The molecule has 0 spiro atoms. The first kappa shape index (κ1) is 24.7. The van der Waals surface area contributed by atoms with Gasteiger partial charge in [-0.15, -0.1) is 10.2 Å². The molecule has 0 aliphatic carbocycles. The van der Waals surface area contributed by atoms with Gasteiger partial charge >= 0.3 is 0 Å². The maximum absolute atomic E-state index is 12.6. The molecule has 0 saturated carbocycles. The Morgan fingerprint density at radius 2 is 1.69 bits per heavy atom. The number of aromatic nitrogens is 3.